The first kappa shape index (κ1) is 14.1. The van der Waals surface area contributed by atoms with Crippen LogP contribution in [0.25, 0.3) is 0 Å². The van der Waals surface area contributed by atoms with Crippen LogP contribution in [-0.4, -0.2) is 0 Å². The molecule has 0 amide bonds. The molecule has 3 heteroatoms. The molecule has 94 valence electrons. The van der Waals surface area contributed by atoms with Crippen molar-refractivity contribution in [3.63, 3.8) is 0 Å². The van der Waals surface area contributed by atoms with E-state index in [1.54, 1.807) is 0 Å². The number of hydrogen-bond acceptors (Lipinski definition) is 0. The Bertz CT molecular complexity index is 579. The van der Waals surface area contributed by atoms with E-state index in [9.17, 15) is 0 Å². The van der Waals surface area contributed by atoms with Gasteiger partial charge in [-0.15, -0.1) is 11.6 Å². The van der Waals surface area contributed by atoms with Crippen LogP contribution in [-0.2, 0) is 0 Å². The van der Waals surface area contributed by atoms with Crippen molar-refractivity contribution in [3.8, 4) is 0 Å². The van der Waals surface area contributed by atoms with Gasteiger partial charge in [-0.2, -0.15) is 0 Å². The van der Waals surface area contributed by atoms with Crippen LogP contribution in [0, 0.1) is 13.8 Å². The second-order valence-corrected chi connectivity index (χ2v) is 6.58. The third kappa shape index (κ3) is 2.98. The third-order valence-electron chi connectivity index (χ3n) is 2.96. The van der Waals surface area contributed by atoms with Gasteiger partial charge >= 0.3 is 0 Å². The molecule has 0 N–H and O–H groups in total. The molecule has 0 aliphatic heterocycles. The zero-order valence-corrected chi connectivity index (χ0v) is 14.1. The molecular formula is C15H13Br2Cl. The monoisotopic (exact) mass is 386 g/mol. The normalized spacial score (nSPS) is 12.5. The predicted octanol–water partition coefficient (Wildman–Crippen LogP) is 6.16. The maximum atomic E-state index is 6.60. The average Bonchev–Trinajstić information content (AvgIpc) is 2.33. The molecule has 0 bridgehead atoms. The van der Waals surface area contributed by atoms with Gasteiger partial charge in [-0.1, -0.05) is 50.1 Å². The zero-order valence-electron chi connectivity index (χ0n) is 10.2. The van der Waals surface area contributed by atoms with Crippen molar-refractivity contribution < 1.29 is 0 Å². The van der Waals surface area contributed by atoms with E-state index in [1.807, 2.05) is 12.1 Å². The van der Waals surface area contributed by atoms with E-state index < -0.39 is 0 Å². The van der Waals surface area contributed by atoms with Crippen LogP contribution >= 0.6 is 43.5 Å². The minimum absolute atomic E-state index is 0.116. The number of rotatable bonds is 2. The van der Waals surface area contributed by atoms with Crippen molar-refractivity contribution in [2.75, 3.05) is 0 Å². The highest BCUT2D eigenvalue weighted by Crippen LogP contribution is 2.34. The Morgan fingerprint density at radius 1 is 1.00 bits per heavy atom. The average molecular weight is 389 g/mol. The molecule has 1 unspecified atom stereocenters. The largest absolute Gasteiger partial charge is 0.113 e. The second-order valence-electron chi connectivity index (χ2n) is 4.38. The van der Waals surface area contributed by atoms with Gasteiger partial charge in [0.1, 0.15) is 0 Å². The van der Waals surface area contributed by atoms with Crippen LogP contribution in [0.15, 0.2) is 45.3 Å². The lowest BCUT2D eigenvalue weighted by Crippen LogP contribution is -1.97. The number of hydrogen-bond donors (Lipinski definition) is 0. The quantitative estimate of drug-likeness (QED) is 0.541. The molecule has 1 atom stereocenters. The number of benzene rings is 2. The molecule has 0 aromatic heterocycles. The molecule has 0 radical (unpaired) electrons. The summed E-state index contributed by atoms with van der Waals surface area (Å²) in [5.41, 5.74) is 4.68. The summed E-state index contributed by atoms with van der Waals surface area (Å²) in [4.78, 5) is 0. The van der Waals surface area contributed by atoms with Crippen LogP contribution in [0.2, 0.25) is 0 Å². The number of alkyl halides is 1. The lowest BCUT2D eigenvalue weighted by Gasteiger charge is -2.15. The predicted molar refractivity (Wildman–Crippen MR) is 85.5 cm³/mol. The maximum absolute atomic E-state index is 6.60. The first-order valence-corrected chi connectivity index (χ1v) is 7.67. The minimum atomic E-state index is -0.116. The van der Waals surface area contributed by atoms with Crippen LogP contribution in [0.1, 0.15) is 27.6 Å². The van der Waals surface area contributed by atoms with Gasteiger partial charge in [-0.3, -0.25) is 0 Å². The maximum Gasteiger partial charge on any atom is 0.0838 e. The van der Waals surface area contributed by atoms with Crippen molar-refractivity contribution in [2.24, 2.45) is 0 Å². The molecule has 2 aromatic rings. The first-order valence-electron chi connectivity index (χ1n) is 5.65. The zero-order chi connectivity index (χ0) is 13.3. The summed E-state index contributed by atoms with van der Waals surface area (Å²) in [5, 5.41) is -0.116. The summed E-state index contributed by atoms with van der Waals surface area (Å²) in [7, 11) is 0. The van der Waals surface area contributed by atoms with Crippen molar-refractivity contribution in [2.45, 2.75) is 19.2 Å². The summed E-state index contributed by atoms with van der Waals surface area (Å²) in [6.45, 7) is 4.17. The Hall–Kier alpha value is -0.310. The van der Waals surface area contributed by atoms with Crippen molar-refractivity contribution in [1.29, 1.82) is 0 Å². The molecule has 0 saturated carbocycles. The Morgan fingerprint density at radius 2 is 1.72 bits per heavy atom. The Morgan fingerprint density at radius 3 is 2.39 bits per heavy atom. The van der Waals surface area contributed by atoms with Crippen LogP contribution in [0.4, 0.5) is 0 Å². The lowest BCUT2D eigenvalue weighted by atomic mass is 9.98. The molecular weight excluding hydrogens is 375 g/mol. The Balaban J connectivity index is 2.46. The molecule has 0 spiro atoms. The highest BCUT2D eigenvalue weighted by molar-refractivity contribution is 9.10. The first-order chi connectivity index (χ1) is 8.49. The Kier molecular flexibility index (Phi) is 4.52. The van der Waals surface area contributed by atoms with Gasteiger partial charge in [0.05, 0.1) is 5.38 Å². The third-order valence-corrected chi connectivity index (χ3v) is 4.80. The molecule has 0 aliphatic carbocycles. The molecule has 0 aliphatic rings. The van der Waals surface area contributed by atoms with E-state index in [1.165, 1.54) is 11.1 Å². The molecule has 0 saturated heterocycles. The fourth-order valence-electron chi connectivity index (χ4n) is 1.92. The summed E-state index contributed by atoms with van der Waals surface area (Å²) >= 11 is 13.6. The van der Waals surface area contributed by atoms with Crippen LogP contribution in [0.5, 0.6) is 0 Å². The number of halogens is 3. The van der Waals surface area contributed by atoms with Crippen molar-refractivity contribution in [3.05, 3.63) is 67.6 Å². The number of aryl methyl sites for hydroxylation is 2. The lowest BCUT2D eigenvalue weighted by molar-refractivity contribution is 1.10. The standard InChI is InChI=1S/C15H13Br2Cl/c1-9-7-14(17)10(2)6-13(9)15(18)11-4-3-5-12(16)8-11/h3-8,15H,1-2H3. The van der Waals surface area contributed by atoms with E-state index in [4.69, 9.17) is 11.6 Å². The van der Waals surface area contributed by atoms with Gasteiger partial charge < -0.3 is 0 Å². The van der Waals surface area contributed by atoms with Crippen LogP contribution in [0.3, 0.4) is 0 Å². The van der Waals surface area contributed by atoms with Gasteiger partial charge in [-0.25, -0.2) is 0 Å². The Labute approximate surface area is 130 Å². The van der Waals surface area contributed by atoms with Gasteiger partial charge in [-0.05, 0) is 54.3 Å². The molecule has 18 heavy (non-hydrogen) atoms. The van der Waals surface area contributed by atoms with E-state index in [2.05, 4.69) is 70.0 Å². The molecule has 0 heterocycles. The van der Waals surface area contributed by atoms with Gasteiger partial charge in [0.2, 0.25) is 0 Å². The molecule has 0 fully saturated rings. The molecule has 2 aromatic carbocycles. The van der Waals surface area contributed by atoms with E-state index >= 15 is 0 Å². The fraction of sp³-hybridized carbons (Fsp3) is 0.200. The fourth-order valence-corrected chi connectivity index (χ4v) is 3.17. The SMILES string of the molecule is Cc1cc(C(Cl)c2cccc(Br)c2)c(C)cc1Br. The molecule has 0 nitrogen and oxygen atoms in total. The van der Waals surface area contributed by atoms with Gasteiger partial charge in [0.25, 0.3) is 0 Å². The minimum Gasteiger partial charge on any atom is -0.113 e. The summed E-state index contributed by atoms with van der Waals surface area (Å²) < 4.78 is 2.18. The van der Waals surface area contributed by atoms with Crippen molar-refractivity contribution >= 4 is 43.5 Å². The second kappa shape index (κ2) is 5.77. The van der Waals surface area contributed by atoms with Crippen molar-refractivity contribution in [1.82, 2.24) is 0 Å². The summed E-state index contributed by atoms with van der Waals surface area (Å²) in [5.74, 6) is 0. The van der Waals surface area contributed by atoms with E-state index in [0.29, 0.717) is 0 Å². The molecule has 2 rings (SSSR count). The van der Waals surface area contributed by atoms with Gasteiger partial charge in [0, 0.05) is 8.95 Å². The highest BCUT2D eigenvalue weighted by Gasteiger charge is 2.14. The smallest absolute Gasteiger partial charge is 0.0838 e. The van der Waals surface area contributed by atoms with Crippen LogP contribution < -0.4 is 0 Å². The summed E-state index contributed by atoms with van der Waals surface area (Å²) in [6, 6.07) is 12.4. The highest BCUT2D eigenvalue weighted by atomic mass is 79.9. The van der Waals surface area contributed by atoms with Gasteiger partial charge in [0.15, 0.2) is 0 Å². The summed E-state index contributed by atoms with van der Waals surface area (Å²) in [6.07, 6.45) is 0. The topological polar surface area (TPSA) is 0 Å². The van der Waals surface area contributed by atoms with E-state index in [-0.39, 0.29) is 5.38 Å². The van der Waals surface area contributed by atoms with E-state index in [0.717, 1.165) is 20.1 Å².